The van der Waals surface area contributed by atoms with Crippen LogP contribution in [0.25, 0.3) is 10.9 Å². The fourth-order valence-corrected chi connectivity index (χ4v) is 1.98. The molecule has 0 amide bonds. The van der Waals surface area contributed by atoms with Crippen LogP contribution in [0.5, 0.6) is 0 Å². The lowest BCUT2D eigenvalue weighted by Crippen LogP contribution is -2.11. The van der Waals surface area contributed by atoms with Crippen molar-refractivity contribution in [2.24, 2.45) is 0 Å². The first kappa shape index (κ1) is 12.0. The van der Waals surface area contributed by atoms with Gasteiger partial charge in [0.25, 0.3) is 0 Å². The smallest absolute Gasteiger partial charge is 0.355 e. The Morgan fingerprint density at radius 1 is 1.06 bits per heavy atom. The Morgan fingerprint density at radius 2 is 1.72 bits per heavy atom. The molecule has 0 aliphatic carbocycles. The van der Waals surface area contributed by atoms with E-state index in [9.17, 15) is 9.59 Å². The van der Waals surface area contributed by atoms with Crippen LogP contribution in [-0.2, 0) is 0 Å². The van der Waals surface area contributed by atoms with E-state index in [1.54, 1.807) is 6.07 Å². The molecule has 0 saturated carbocycles. The molecule has 5 heteroatoms. The molecule has 2 aromatic rings. The lowest BCUT2D eigenvalue weighted by atomic mass is 10.0. The average molecular weight is 245 g/mol. The van der Waals surface area contributed by atoms with Crippen molar-refractivity contribution in [3.05, 3.63) is 40.6 Å². The normalized spacial score (nSPS) is 10.6. The van der Waals surface area contributed by atoms with Gasteiger partial charge < -0.3 is 10.2 Å². The Morgan fingerprint density at radius 3 is 2.28 bits per heavy atom. The number of carbonyl (C=O) groups is 2. The summed E-state index contributed by atoms with van der Waals surface area (Å²) in [5, 5.41) is 18.6. The van der Waals surface area contributed by atoms with Crippen molar-refractivity contribution < 1.29 is 19.8 Å². The van der Waals surface area contributed by atoms with Gasteiger partial charge in [-0.05, 0) is 31.5 Å². The average Bonchev–Trinajstić information content (AvgIpc) is 2.26. The van der Waals surface area contributed by atoms with Gasteiger partial charge >= 0.3 is 11.9 Å². The van der Waals surface area contributed by atoms with Gasteiger partial charge in [0.05, 0.1) is 11.1 Å². The number of aromatic carboxylic acids is 2. The van der Waals surface area contributed by atoms with E-state index in [1.807, 2.05) is 19.9 Å². The van der Waals surface area contributed by atoms with Crippen LogP contribution in [0.4, 0.5) is 0 Å². The fourth-order valence-electron chi connectivity index (χ4n) is 1.98. The largest absolute Gasteiger partial charge is 0.478 e. The highest BCUT2D eigenvalue weighted by Gasteiger charge is 2.19. The maximum atomic E-state index is 11.0. The molecular formula is C13H11NO4. The standard InChI is InChI=1S/C13H11NO4/c1-6-3-7(2)10-8(4-6)5-9(12(15)16)11(14-10)13(17)18/h3-5H,1-2H3,(H,15,16)(H,17,18). The van der Waals surface area contributed by atoms with Crippen molar-refractivity contribution in [1.29, 1.82) is 0 Å². The van der Waals surface area contributed by atoms with Crippen molar-refractivity contribution in [1.82, 2.24) is 4.98 Å². The molecule has 1 aromatic heterocycles. The van der Waals surface area contributed by atoms with Gasteiger partial charge in [0.1, 0.15) is 0 Å². The Balaban J connectivity index is 2.89. The lowest BCUT2D eigenvalue weighted by molar-refractivity contribution is 0.0647. The zero-order chi connectivity index (χ0) is 13.4. The molecule has 0 aliphatic rings. The zero-order valence-corrected chi connectivity index (χ0v) is 9.89. The topological polar surface area (TPSA) is 87.5 Å². The number of aromatic nitrogens is 1. The maximum Gasteiger partial charge on any atom is 0.355 e. The first-order chi connectivity index (χ1) is 8.40. The molecule has 0 spiro atoms. The number of benzene rings is 1. The van der Waals surface area contributed by atoms with Gasteiger partial charge in [0.15, 0.2) is 5.69 Å². The highest BCUT2D eigenvalue weighted by molar-refractivity contribution is 6.03. The van der Waals surface area contributed by atoms with Crippen LogP contribution in [0.2, 0.25) is 0 Å². The predicted molar refractivity (Wildman–Crippen MR) is 65.1 cm³/mol. The van der Waals surface area contributed by atoms with Crippen LogP contribution >= 0.6 is 0 Å². The summed E-state index contributed by atoms with van der Waals surface area (Å²) < 4.78 is 0. The Hall–Kier alpha value is -2.43. The minimum Gasteiger partial charge on any atom is -0.478 e. The summed E-state index contributed by atoms with van der Waals surface area (Å²) >= 11 is 0. The summed E-state index contributed by atoms with van der Waals surface area (Å²) in [4.78, 5) is 26.0. The van der Waals surface area contributed by atoms with Gasteiger partial charge in [-0.3, -0.25) is 0 Å². The molecule has 2 N–H and O–H groups in total. The third kappa shape index (κ3) is 1.90. The first-order valence-corrected chi connectivity index (χ1v) is 5.28. The molecule has 1 aromatic carbocycles. The van der Waals surface area contributed by atoms with E-state index in [0.29, 0.717) is 10.9 Å². The van der Waals surface area contributed by atoms with Gasteiger partial charge in [-0.15, -0.1) is 0 Å². The SMILES string of the molecule is Cc1cc(C)c2nc(C(=O)O)c(C(=O)O)cc2c1. The number of aryl methyl sites for hydroxylation is 2. The van der Waals surface area contributed by atoms with Crippen molar-refractivity contribution >= 4 is 22.8 Å². The minimum atomic E-state index is -1.34. The second-order valence-electron chi connectivity index (χ2n) is 4.15. The zero-order valence-electron chi connectivity index (χ0n) is 9.89. The molecule has 0 fully saturated rings. The van der Waals surface area contributed by atoms with Gasteiger partial charge in [-0.2, -0.15) is 0 Å². The number of hydrogen-bond donors (Lipinski definition) is 2. The van der Waals surface area contributed by atoms with Crippen LogP contribution in [0.15, 0.2) is 18.2 Å². The van der Waals surface area contributed by atoms with E-state index in [-0.39, 0.29) is 5.56 Å². The van der Waals surface area contributed by atoms with E-state index >= 15 is 0 Å². The molecule has 0 atom stereocenters. The number of pyridine rings is 1. The first-order valence-electron chi connectivity index (χ1n) is 5.28. The molecule has 0 aliphatic heterocycles. The minimum absolute atomic E-state index is 0.292. The summed E-state index contributed by atoms with van der Waals surface area (Å²) in [7, 11) is 0. The number of carboxylic acids is 2. The van der Waals surface area contributed by atoms with Crippen molar-refractivity contribution in [2.45, 2.75) is 13.8 Å². The van der Waals surface area contributed by atoms with E-state index in [0.717, 1.165) is 11.1 Å². The summed E-state index contributed by atoms with van der Waals surface area (Å²) in [6, 6.07) is 5.02. The van der Waals surface area contributed by atoms with Gasteiger partial charge in [-0.1, -0.05) is 11.6 Å². The van der Waals surface area contributed by atoms with Crippen LogP contribution in [0, 0.1) is 13.8 Å². The van der Waals surface area contributed by atoms with Crippen LogP contribution in [0.1, 0.15) is 32.0 Å². The highest BCUT2D eigenvalue weighted by Crippen LogP contribution is 2.22. The summed E-state index contributed by atoms with van der Waals surface area (Å²) in [5.74, 6) is -2.63. The molecule has 2 rings (SSSR count). The Kier molecular flexibility index (Phi) is 2.74. The van der Waals surface area contributed by atoms with E-state index in [1.165, 1.54) is 6.07 Å². The summed E-state index contributed by atoms with van der Waals surface area (Å²) in [6.07, 6.45) is 0. The van der Waals surface area contributed by atoms with E-state index in [2.05, 4.69) is 4.98 Å². The van der Waals surface area contributed by atoms with Crippen LogP contribution < -0.4 is 0 Å². The number of hydrogen-bond acceptors (Lipinski definition) is 3. The molecule has 0 saturated heterocycles. The second kappa shape index (κ2) is 4.10. The van der Waals surface area contributed by atoms with Crippen LogP contribution in [0.3, 0.4) is 0 Å². The Bertz CT molecular complexity index is 676. The molecule has 5 nitrogen and oxygen atoms in total. The molecular weight excluding hydrogens is 234 g/mol. The summed E-state index contributed by atoms with van der Waals surface area (Å²) in [5.41, 5.74) is 1.59. The number of fused-ring (bicyclic) bond motifs is 1. The monoisotopic (exact) mass is 245 g/mol. The third-order valence-corrected chi connectivity index (χ3v) is 2.69. The number of rotatable bonds is 2. The molecule has 0 unspecified atom stereocenters. The summed E-state index contributed by atoms with van der Waals surface area (Å²) in [6.45, 7) is 3.70. The van der Waals surface area contributed by atoms with Crippen molar-refractivity contribution in [3.8, 4) is 0 Å². The Labute approximate surface area is 103 Å². The van der Waals surface area contributed by atoms with Gasteiger partial charge in [0, 0.05) is 5.39 Å². The molecule has 92 valence electrons. The third-order valence-electron chi connectivity index (χ3n) is 2.69. The number of nitrogens with zero attached hydrogens (tertiary/aromatic N) is 1. The maximum absolute atomic E-state index is 11.0. The van der Waals surface area contributed by atoms with Crippen LogP contribution in [-0.4, -0.2) is 27.1 Å². The van der Waals surface area contributed by atoms with Gasteiger partial charge in [-0.25, -0.2) is 14.6 Å². The van der Waals surface area contributed by atoms with Gasteiger partial charge in [0.2, 0.25) is 0 Å². The predicted octanol–water partition coefficient (Wildman–Crippen LogP) is 2.25. The molecule has 0 bridgehead atoms. The quantitative estimate of drug-likeness (QED) is 0.847. The lowest BCUT2D eigenvalue weighted by Gasteiger charge is -2.07. The van der Waals surface area contributed by atoms with Crippen molar-refractivity contribution in [2.75, 3.05) is 0 Å². The second-order valence-corrected chi connectivity index (χ2v) is 4.15. The molecule has 18 heavy (non-hydrogen) atoms. The van der Waals surface area contributed by atoms with E-state index in [4.69, 9.17) is 10.2 Å². The molecule has 0 radical (unpaired) electrons. The molecule has 1 heterocycles. The van der Waals surface area contributed by atoms with E-state index < -0.39 is 17.6 Å². The highest BCUT2D eigenvalue weighted by atomic mass is 16.4. The number of carboxylic acid groups (broad SMARTS) is 2. The van der Waals surface area contributed by atoms with Crippen molar-refractivity contribution in [3.63, 3.8) is 0 Å². The fraction of sp³-hybridized carbons (Fsp3) is 0.154.